The van der Waals surface area contributed by atoms with Crippen molar-refractivity contribution in [2.24, 2.45) is 0 Å². The molecule has 4 heteroatoms. The zero-order chi connectivity index (χ0) is 6.69. The summed E-state index contributed by atoms with van der Waals surface area (Å²) in [7, 11) is 0. The molecule has 0 aromatic carbocycles. The molecule has 0 aromatic heterocycles. The van der Waals surface area contributed by atoms with Gasteiger partial charge < -0.3 is 4.74 Å². The highest BCUT2D eigenvalue weighted by Crippen LogP contribution is 2.18. The van der Waals surface area contributed by atoms with Crippen molar-refractivity contribution in [3.05, 3.63) is 11.8 Å². The third-order valence-corrected chi connectivity index (χ3v) is 1.67. The Hall–Kier alpha value is -0.770. The molecular formula is C5H4O3S. The van der Waals surface area contributed by atoms with Gasteiger partial charge in [-0.05, 0) is 0 Å². The van der Waals surface area contributed by atoms with Gasteiger partial charge in [0.2, 0.25) is 5.12 Å². The van der Waals surface area contributed by atoms with E-state index in [4.69, 9.17) is 0 Å². The third kappa shape index (κ3) is 1.57. The molecule has 0 aromatic rings. The molecule has 0 bridgehead atoms. The first-order valence-corrected chi connectivity index (χ1v) is 3.29. The Labute approximate surface area is 56.1 Å². The predicted molar refractivity (Wildman–Crippen MR) is 32.7 cm³/mol. The number of ether oxygens (including phenoxy) is 1. The fraction of sp³-hybridized carbons (Fsp3) is 0.200. The molecule has 9 heavy (non-hydrogen) atoms. The van der Waals surface area contributed by atoms with Crippen LogP contribution in [0.4, 0.5) is 0 Å². The maximum Gasteiger partial charge on any atom is 0.298 e. The second kappa shape index (κ2) is 2.68. The van der Waals surface area contributed by atoms with E-state index in [1.165, 1.54) is 6.08 Å². The second-order valence-electron chi connectivity index (χ2n) is 1.43. The van der Waals surface area contributed by atoms with Crippen LogP contribution in [0.25, 0.3) is 0 Å². The topological polar surface area (TPSA) is 43.4 Å². The van der Waals surface area contributed by atoms with E-state index in [1.54, 1.807) is 0 Å². The SMILES string of the molecule is O=COC1=CC(=O)SC1. The minimum absolute atomic E-state index is 0.0492. The van der Waals surface area contributed by atoms with Crippen molar-refractivity contribution in [3.63, 3.8) is 0 Å². The molecule has 0 unspecified atom stereocenters. The van der Waals surface area contributed by atoms with Gasteiger partial charge >= 0.3 is 0 Å². The highest BCUT2D eigenvalue weighted by molar-refractivity contribution is 8.14. The number of carbonyl (C=O) groups excluding carboxylic acids is 2. The van der Waals surface area contributed by atoms with E-state index in [9.17, 15) is 9.59 Å². The van der Waals surface area contributed by atoms with Crippen LogP contribution in [-0.4, -0.2) is 17.3 Å². The van der Waals surface area contributed by atoms with Gasteiger partial charge in [-0.1, -0.05) is 11.8 Å². The summed E-state index contributed by atoms with van der Waals surface area (Å²) in [5.41, 5.74) is 0. The molecule has 3 nitrogen and oxygen atoms in total. The molecular weight excluding hydrogens is 140 g/mol. The van der Waals surface area contributed by atoms with Crippen LogP contribution in [0, 0.1) is 0 Å². The Morgan fingerprint density at radius 1 is 1.78 bits per heavy atom. The van der Waals surface area contributed by atoms with Crippen LogP contribution < -0.4 is 0 Å². The standard InChI is InChI=1S/C5H4O3S/c6-3-8-4-1-5(7)9-2-4/h1,3H,2H2. The molecule has 1 aliphatic rings. The number of carbonyl (C=O) groups is 2. The van der Waals surface area contributed by atoms with Crippen molar-refractivity contribution in [2.75, 3.05) is 5.75 Å². The van der Waals surface area contributed by atoms with Crippen LogP contribution in [0.15, 0.2) is 11.8 Å². The van der Waals surface area contributed by atoms with Gasteiger partial charge in [0.15, 0.2) is 0 Å². The molecule has 1 heterocycles. The van der Waals surface area contributed by atoms with E-state index in [0.717, 1.165) is 11.8 Å². The molecule has 0 spiro atoms. The monoisotopic (exact) mass is 144 g/mol. The van der Waals surface area contributed by atoms with Gasteiger partial charge in [-0.25, -0.2) is 0 Å². The van der Waals surface area contributed by atoms with E-state index in [0.29, 0.717) is 18.0 Å². The molecule has 1 rings (SSSR count). The van der Waals surface area contributed by atoms with Gasteiger partial charge in [-0.2, -0.15) is 0 Å². The summed E-state index contributed by atoms with van der Waals surface area (Å²) in [6.07, 6.45) is 1.32. The first kappa shape index (κ1) is 6.35. The quantitative estimate of drug-likeness (QED) is 0.523. The Bertz CT molecular complexity index is 173. The predicted octanol–water partition coefficient (Wildman–Crippen LogP) is 0.317. The van der Waals surface area contributed by atoms with Crippen molar-refractivity contribution in [1.82, 2.24) is 0 Å². The van der Waals surface area contributed by atoms with Gasteiger partial charge in [0.25, 0.3) is 6.47 Å². The summed E-state index contributed by atoms with van der Waals surface area (Å²) in [6, 6.07) is 0. The molecule has 48 valence electrons. The molecule has 0 saturated carbocycles. The lowest BCUT2D eigenvalue weighted by atomic mass is 10.5. The van der Waals surface area contributed by atoms with E-state index in [1.807, 2.05) is 0 Å². The maximum atomic E-state index is 10.4. The average Bonchev–Trinajstić information content (AvgIpc) is 2.17. The molecule has 0 aliphatic carbocycles. The van der Waals surface area contributed by atoms with Crippen molar-refractivity contribution in [1.29, 1.82) is 0 Å². The van der Waals surface area contributed by atoms with Gasteiger partial charge in [0.05, 0.1) is 5.75 Å². The largest absolute Gasteiger partial charge is 0.432 e. The fourth-order valence-corrected chi connectivity index (χ4v) is 1.14. The lowest BCUT2D eigenvalue weighted by Crippen LogP contribution is -1.86. The van der Waals surface area contributed by atoms with Crippen molar-refractivity contribution >= 4 is 23.3 Å². The Morgan fingerprint density at radius 2 is 2.56 bits per heavy atom. The zero-order valence-electron chi connectivity index (χ0n) is 4.49. The number of thioether (sulfide) groups is 1. The van der Waals surface area contributed by atoms with Crippen molar-refractivity contribution < 1.29 is 14.3 Å². The van der Waals surface area contributed by atoms with Gasteiger partial charge in [0, 0.05) is 6.08 Å². The fourth-order valence-electron chi connectivity index (χ4n) is 0.487. The summed E-state index contributed by atoms with van der Waals surface area (Å²) in [6.45, 7) is 0.324. The Morgan fingerprint density at radius 3 is 3.00 bits per heavy atom. The first-order chi connectivity index (χ1) is 4.33. The molecule has 0 saturated heterocycles. The Balaban J connectivity index is 2.51. The lowest BCUT2D eigenvalue weighted by molar-refractivity contribution is -0.124. The van der Waals surface area contributed by atoms with E-state index >= 15 is 0 Å². The van der Waals surface area contributed by atoms with E-state index < -0.39 is 0 Å². The van der Waals surface area contributed by atoms with Crippen molar-refractivity contribution in [3.8, 4) is 0 Å². The summed E-state index contributed by atoms with van der Waals surface area (Å²) in [5, 5.41) is -0.0492. The van der Waals surface area contributed by atoms with Crippen LogP contribution in [0.3, 0.4) is 0 Å². The summed E-state index contributed by atoms with van der Waals surface area (Å²) >= 11 is 1.13. The van der Waals surface area contributed by atoms with Crippen molar-refractivity contribution in [2.45, 2.75) is 0 Å². The van der Waals surface area contributed by atoms with Crippen LogP contribution in [-0.2, 0) is 14.3 Å². The normalized spacial score (nSPS) is 17.3. The molecule has 1 aliphatic heterocycles. The average molecular weight is 144 g/mol. The van der Waals surface area contributed by atoms with Crippen LogP contribution in [0.1, 0.15) is 0 Å². The third-order valence-electron chi connectivity index (χ3n) is 0.835. The highest BCUT2D eigenvalue weighted by Gasteiger charge is 2.12. The maximum absolute atomic E-state index is 10.4. The van der Waals surface area contributed by atoms with E-state index in [2.05, 4.69) is 4.74 Å². The molecule has 0 radical (unpaired) electrons. The van der Waals surface area contributed by atoms with Crippen LogP contribution in [0.2, 0.25) is 0 Å². The minimum atomic E-state index is -0.0492. The minimum Gasteiger partial charge on any atom is -0.432 e. The number of rotatable bonds is 2. The highest BCUT2D eigenvalue weighted by atomic mass is 32.2. The number of hydrogen-bond acceptors (Lipinski definition) is 4. The first-order valence-electron chi connectivity index (χ1n) is 2.30. The number of hydrogen-bond donors (Lipinski definition) is 0. The van der Waals surface area contributed by atoms with Gasteiger partial charge in [0.1, 0.15) is 5.76 Å². The van der Waals surface area contributed by atoms with Crippen LogP contribution >= 0.6 is 11.8 Å². The van der Waals surface area contributed by atoms with E-state index in [-0.39, 0.29) is 5.12 Å². The zero-order valence-corrected chi connectivity index (χ0v) is 5.31. The second-order valence-corrected chi connectivity index (χ2v) is 2.41. The smallest absolute Gasteiger partial charge is 0.298 e. The molecule has 0 N–H and O–H groups in total. The van der Waals surface area contributed by atoms with Gasteiger partial charge in [-0.15, -0.1) is 0 Å². The molecule has 0 fully saturated rings. The summed E-state index contributed by atoms with van der Waals surface area (Å²) in [4.78, 5) is 20.1. The van der Waals surface area contributed by atoms with Crippen LogP contribution in [0.5, 0.6) is 0 Å². The van der Waals surface area contributed by atoms with Gasteiger partial charge in [-0.3, -0.25) is 9.59 Å². The summed E-state index contributed by atoms with van der Waals surface area (Å²) < 4.78 is 4.41. The lowest BCUT2D eigenvalue weighted by Gasteiger charge is -1.90. The summed E-state index contributed by atoms with van der Waals surface area (Å²) in [5.74, 6) is 0.928. The molecule has 0 atom stereocenters. The molecule has 0 amide bonds. The Kier molecular flexibility index (Phi) is 1.89.